The van der Waals surface area contributed by atoms with E-state index in [0.717, 1.165) is 99.2 Å². The van der Waals surface area contributed by atoms with Gasteiger partial charge in [-0.25, -0.2) is 9.97 Å². The molecule has 0 N–H and O–H groups in total. The topological polar surface area (TPSA) is 155 Å². The van der Waals surface area contributed by atoms with E-state index in [9.17, 15) is 26.3 Å². The predicted octanol–water partition coefficient (Wildman–Crippen LogP) is 17.7. The van der Waals surface area contributed by atoms with E-state index >= 15 is 0 Å². The third-order valence-corrected chi connectivity index (χ3v) is 15.8. The lowest BCUT2D eigenvalue weighted by molar-refractivity contribution is 1.09. The van der Waals surface area contributed by atoms with Gasteiger partial charge in [-0.3, -0.25) is 0 Å². The van der Waals surface area contributed by atoms with E-state index in [1.807, 2.05) is 200 Å². The zero-order valence-corrected chi connectivity index (χ0v) is 44.7. The second kappa shape index (κ2) is 20.7. The van der Waals surface area contributed by atoms with Crippen LogP contribution in [0.15, 0.2) is 249 Å². The summed E-state index contributed by atoms with van der Waals surface area (Å²) in [6, 6.07) is 93.4. The number of aromatic nitrogens is 4. The molecule has 0 amide bonds. The van der Waals surface area contributed by atoms with E-state index in [4.69, 9.17) is 9.97 Å². The van der Waals surface area contributed by atoms with Gasteiger partial charge in [0.05, 0.1) is 103 Å². The first kappa shape index (κ1) is 49.8. The van der Waals surface area contributed by atoms with Crippen molar-refractivity contribution in [3.05, 3.63) is 277 Å². The minimum Gasteiger partial charge on any atom is -0.307 e. The summed E-state index contributed by atoms with van der Waals surface area (Å²) in [7, 11) is 0. The molecule has 9 heteroatoms. The Labute approximate surface area is 483 Å². The number of benzene rings is 11. The predicted molar refractivity (Wildman–Crippen MR) is 332 cm³/mol. The molecular formula is C75H41N9. The Balaban J connectivity index is 1.13. The lowest BCUT2D eigenvalue weighted by Crippen LogP contribution is -2.06. The molecule has 0 radical (unpaired) electrons. The summed E-state index contributed by atoms with van der Waals surface area (Å²) in [6.45, 7) is 0. The molecule has 386 valence electrons. The molecule has 14 rings (SSSR count). The fraction of sp³-hybridized carbons (Fsp3) is 0. The van der Waals surface area contributed by atoms with E-state index in [1.54, 1.807) is 0 Å². The second-order valence-electron chi connectivity index (χ2n) is 20.4. The largest absolute Gasteiger partial charge is 0.307 e. The summed E-state index contributed by atoms with van der Waals surface area (Å²) in [5.74, 6) is 0.356. The molecule has 14 aromatic rings. The van der Waals surface area contributed by atoms with Gasteiger partial charge >= 0.3 is 0 Å². The molecule has 0 aliphatic heterocycles. The van der Waals surface area contributed by atoms with Crippen LogP contribution >= 0.6 is 0 Å². The zero-order valence-electron chi connectivity index (χ0n) is 44.7. The van der Waals surface area contributed by atoms with Crippen LogP contribution in [0.1, 0.15) is 27.8 Å². The fourth-order valence-corrected chi connectivity index (χ4v) is 11.9. The van der Waals surface area contributed by atoms with Crippen molar-refractivity contribution >= 4 is 43.6 Å². The molecule has 0 saturated carbocycles. The quantitative estimate of drug-likeness (QED) is 0.139. The smallest absolute Gasteiger partial charge is 0.161 e. The highest BCUT2D eigenvalue weighted by Crippen LogP contribution is 2.45. The number of nitrogens with zero attached hydrogens (tertiary/aromatic N) is 9. The molecule has 0 saturated heterocycles. The number of hydrogen-bond donors (Lipinski definition) is 0. The van der Waals surface area contributed by atoms with Crippen LogP contribution in [0.4, 0.5) is 0 Å². The minimum atomic E-state index is 0.332. The molecule has 11 aromatic carbocycles. The van der Waals surface area contributed by atoms with Gasteiger partial charge in [-0.15, -0.1) is 0 Å². The Morgan fingerprint density at radius 3 is 0.869 bits per heavy atom. The maximum atomic E-state index is 11.6. The number of nitriles is 5. The van der Waals surface area contributed by atoms with Crippen LogP contribution in [0.25, 0.3) is 133 Å². The minimum absolute atomic E-state index is 0.332. The summed E-state index contributed by atoms with van der Waals surface area (Å²) in [6.07, 6.45) is 0. The lowest BCUT2D eigenvalue weighted by atomic mass is 9.96. The van der Waals surface area contributed by atoms with Crippen molar-refractivity contribution in [1.29, 1.82) is 26.3 Å². The normalized spacial score (nSPS) is 11.0. The first-order valence-electron chi connectivity index (χ1n) is 27.2. The molecule has 3 aromatic heterocycles. The van der Waals surface area contributed by atoms with Crippen molar-refractivity contribution in [3.63, 3.8) is 0 Å². The summed E-state index contributed by atoms with van der Waals surface area (Å²) < 4.78 is 4.43. The van der Waals surface area contributed by atoms with E-state index < -0.39 is 0 Å². The van der Waals surface area contributed by atoms with E-state index in [1.165, 1.54) is 0 Å². The maximum Gasteiger partial charge on any atom is 0.161 e. The van der Waals surface area contributed by atoms with Crippen LogP contribution in [0.2, 0.25) is 0 Å². The van der Waals surface area contributed by atoms with Crippen LogP contribution in [0.5, 0.6) is 0 Å². The van der Waals surface area contributed by atoms with E-state index in [-0.39, 0.29) is 0 Å². The fourth-order valence-electron chi connectivity index (χ4n) is 11.9. The van der Waals surface area contributed by atoms with Crippen molar-refractivity contribution in [2.45, 2.75) is 0 Å². The van der Waals surface area contributed by atoms with Crippen LogP contribution in [-0.4, -0.2) is 19.1 Å². The van der Waals surface area contributed by atoms with Crippen molar-refractivity contribution in [2.75, 3.05) is 0 Å². The summed E-state index contributed by atoms with van der Waals surface area (Å²) in [5, 5.41) is 56.6. The third-order valence-electron chi connectivity index (χ3n) is 15.8. The molecule has 0 atom stereocenters. The highest BCUT2D eigenvalue weighted by molar-refractivity contribution is 6.14. The standard InChI is InChI=1S/C75H41N9/c76-42-53-19-7-11-23-58(53)49-27-31-69-63(35-49)64-36-50(59-24-12-8-20-54(59)43-77)28-32-70(64)83(69)73-39-57(46-80)62(75-81-67(47-15-3-1-4-16-47)41-68(82-75)48-17-5-2-6-18-48)40-74(73)84-71-33-29-51(60-25-13-9-21-55(60)44-78)37-65(71)66-38-52(30-34-72(66)84)61-26-14-10-22-56(61)45-79/h1-41H. The van der Waals surface area contributed by atoms with E-state index in [2.05, 4.69) is 88.0 Å². The number of rotatable bonds is 9. The summed E-state index contributed by atoms with van der Waals surface area (Å²) in [5.41, 5.74) is 17.4. The highest BCUT2D eigenvalue weighted by atomic mass is 15.1. The highest BCUT2D eigenvalue weighted by Gasteiger charge is 2.26. The molecule has 3 heterocycles. The Hall–Kier alpha value is -12.5. The van der Waals surface area contributed by atoms with Crippen LogP contribution in [-0.2, 0) is 0 Å². The average Bonchev–Trinajstić information content (AvgIpc) is 2.35. The van der Waals surface area contributed by atoms with Gasteiger partial charge in [0.25, 0.3) is 0 Å². The monoisotopic (exact) mass is 1070 g/mol. The van der Waals surface area contributed by atoms with Crippen molar-refractivity contribution < 1.29 is 0 Å². The maximum absolute atomic E-state index is 11.6. The number of fused-ring (bicyclic) bond motifs is 6. The summed E-state index contributed by atoms with van der Waals surface area (Å²) in [4.78, 5) is 10.6. The molecule has 0 unspecified atom stereocenters. The third kappa shape index (κ3) is 8.37. The SMILES string of the molecule is N#Cc1ccccc1-c1ccc2c(c1)c1cc(-c3ccccc3C#N)ccc1n2-c1cc(C#N)c(-c2nc(-c3ccccc3)cc(-c3ccccc3)n2)cc1-n1c2ccc(-c3ccccc3C#N)cc2c2cc(-c3ccccc3C#N)ccc21. The Kier molecular flexibility index (Phi) is 12.2. The van der Waals surface area contributed by atoms with Gasteiger partial charge in [0.1, 0.15) is 0 Å². The lowest BCUT2D eigenvalue weighted by Gasteiger charge is -2.20. The Morgan fingerprint density at radius 1 is 0.250 bits per heavy atom. The molecule has 9 nitrogen and oxygen atoms in total. The van der Waals surface area contributed by atoms with Gasteiger partial charge in [0, 0.05) is 38.2 Å². The Morgan fingerprint density at radius 2 is 0.548 bits per heavy atom. The van der Waals surface area contributed by atoms with Gasteiger partial charge in [-0.05, 0) is 136 Å². The van der Waals surface area contributed by atoms with Gasteiger partial charge in [-0.2, -0.15) is 26.3 Å². The zero-order chi connectivity index (χ0) is 56.8. The molecule has 0 aliphatic rings. The first-order valence-corrected chi connectivity index (χ1v) is 27.2. The van der Waals surface area contributed by atoms with Crippen molar-refractivity contribution in [1.82, 2.24) is 19.1 Å². The first-order chi connectivity index (χ1) is 41.4. The molecule has 0 spiro atoms. The van der Waals surface area contributed by atoms with Gasteiger partial charge < -0.3 is 9.13 Å². The molecular weight excluding hydrogens is 1030 g/mol. The average molecular weight is 1070 g/mol. The molecule has 0 aliphatic carbocycles. The van der Waals surface area contributed by atoms with Crippen molar-refractivity contribution in [2.24, 2.45) is 0 Å². The van der Waals surface area contributed by atoms with Crippen molar-refractivity contribution in [3.8, 4) is 120 Å². The van der Waals surface area contributed by atoms with Crippen LogP contribution < -0.4 is 0 Å². The Bertz CT molecular complexity index is 4980. The van der Waals surface area contributed by atoms with Crippen LogP contribution in [0, 0.1) is 56.7 Å². The van der Waals surface area contributed by atoms with Crippen LogP contribution in [0.3, 0.4) is 0 Å². The molecule has 84 heavy (non-hydrogen) atoms. The number of hydrogen-bond acceptors (Lipinski definition) is 7. The molecule has 0 bridgehead atoms. The summed E-state index contributed by atoms with van der Waals surface area (Å²) >= 11 is 0. The molecule has 0 fully saturated rings. The van der Waals surface area contributed by atoms with Gasteiger partial charge in [-0.1, -0.05) is 158 Å². The van der Waals surface area contributed by atoms with E-state index in [0.29, 0.717) is 62.0 Å². The van der Waals surface area contributed by atoms with Gasteiger partial charge in [0.15, 0.2) is 5.82 Å². The van der Waals surface area contributed by atoms with Gasteiger partial charge in [0.2, 0.25) is 0 Å². The second-order valence-corrected chi connectivity index (χ2v) is 20.4.